The lowest BCUT2D eigenvalue weighted by Crippen LogP contribution is -2.11. The lowest BCUT2D eigenvalue weighted by Gasteiger charge is -2.14. The molecule has 0 bridgehead atoms. The summed E-state index contributed by atoms with van der Waals surface area (Å²) in [6, 6.07) is 9.52. The molecule has 0 aliphatic rings. The van der Waals surface area contributed by atoms with Gasteiger partial charge in [-0.2, -0.15) is 0 Å². The van der Waals surface area contributed by atoms with E-state index in [0.717, 1.165) is 34.0 Å². The van der Waals surface area contributed by atoms with Gasteiger partial charge in [-0.1, -0.05) is 11.2 Å². The molecule has 4 aromatic heterocycles. The number of aromatic nitrogens is 4. The highest BCUT2D eigenvalue weighted by molar-refractivity contribution is 5.79. The zero-order valence-electron chi connectivity index (χ0n) is 15.3. The van der Waals surface area contributed by atoms with Crippen LogP contribution in [0.5, 0.6) is 0 Å². The summed E-state index contributed by atoms with van der Waals surface area (Å²) in [5.41, 5.74) is 4.08. The average molecular weight is 361 g/mol. The van der Waals surface area contributed by atoms with Crippen molar-refractivity contribution in [3.63, 3.8) is 0 Å². The monoisotopic (exact) mass is 361 g/mol. The molecule has 0 aromatic carbocycles. The normalized spacial score (nSPS) is 12.1. The van der Waals surface area contributed by atoms with E-state index >= 15 is 0 Å². The predicted octanol–water partition coefficient (Wildman–Crippen LogP) is 4.58. The first-order valence-electron chi connectivity index (χ1n) is 8.64. The van der Waals surface area contributed by atoms with Gasteiger partial charge in [0.05, 0.1) is 35.0 Å². The second-order valence-corrected chi connectivity index (χ2v) is 6.30. The molecular weight excluding hydrogens is 342 g/mol. The first-order chi connectivity index (χ1) is 13.1. The molecular formula is C20H19N5O2. The molecule has 0 unspecified atom stereocenters. The van der Waals surface area contributed by atoms with Gasteiger partial charge in [0, 0.05) is 24.0 Å². The Balaban J connectivity index is 1.74. The van der Waals surface area contributed by atoms with E-state index in [1.165, 1.54) is 0 Å². The van der Waals surface area contributed by atoms with Crippen molar-refractivity contribution >= 4 is 5.95 Å². The van der Waals surface area contributed by atoms with Crippen LogP contribution >= 0.6 is 0 Å². The van der Waals surface area contributed by atoms with Crippen LogP contribution in [-0.4, -0.2) is 20.1 Å². The predicted molar refractivity (Wildman–Crippen MR) is 101 cm³/mol. The number of rotatable bonds is 5. The number of nitrogens with one attached hydrogen (secondary N) is 1. The first kappa shape index (κ1) is 17.0. The van der Waals surface area contributed by atoms with E-state index in [0.29, 0.717) is 11.7 Å². The van der Waals surface area contributed by atoms with Crippen molar-refractivity contribution in [3.8, 4) is 22.6 Å². The van der Waals surface area contributed by atoms with Gasteiger partial charge < -0.3 is 14.3 Å². The van der Waals surface area contributed by atoms with Crippen LogP contribution in [-0.2, 0) is 0 Å². The molecule has 0 radical (unpaired) electrons. The SMILES string of the molecule is Cc1cc(-c2cnc(N[C@@H](C)c3ccccn3)nc2-c2ccoc2C)on1. The third-order valence-corrected chi connectivity index (χ3v) is 4.27. The molecule has 1 atom stereocenters. The van der Waals surface area contributed by atoms with Crippen molar-refractivity contribution in [1.82, 2.24) is 20.1 Å². The summed E-state index contributed by atoms with van der Waals surface area (Å²) in [5, 5.41) is 7.27. The Hall–Kier alpha value is -3.48. The molecule has 0 spiro atoms. The molecule has 1 N–H and O–H groups in total. The van der Waals surface area contributed by atoms with Gasteiger partial charge in [0.1, 0.15) is 5.76 Å². The standard InChI is InChI=1S/C20H19N5O2/c1-12-10-18(27-25-12)16-11-22-20(23-13(2)17-6-4-5-8-21-17)24-19(16)15-7-9-26-14(15)3/h4-11,13H,1-3H3,(H,22,23,24)/t13-/m0/s1. The molecule has 7 nitrogen and oxygen atoms in total. The van der Waals surface area contributed by atoms with Crippen molar-refractivity contribution in [2.75, 3.05) is 5.32 Å². The smallest absolute Gasteiger partial charge is 0.223 e. The van der Waals surface area contributed by atoms with E-state index in [9.17, 15) is 0 Å². The minimum atomic E-state index is -0.0390. The zero-order chi connectivity index (χ0) is 18.8. The average Bonchev–Trinajstić information content (AvgIpc) is 3.30. The Labute approximate surface area is 156 Å². The van der Waals surface area contributed by atoms with Crippen molar-refractivity contribution in [2.45, 2.75) is 26.8 Å². The van der Waals surface area contributed by atoms with Gasteiger partial charge in [-0.3, -0.25) is 4.98 Å². The van der Waals surface area contributed by atoms with Crippen LogP contribution < -0.4 is 5.32 Å². The van der Waals surface area contributed by atoms with Crippen molar-refractivity contribution < 1.29 is 8.94 Å². The summed E-state index contributed by atoms with van der Waals surface area (Å²) < 4.78 is 10.9. The van der Waals surface area contributed by atoms with E-state index in [1.54, 1.807) is 18.7 Å². The Morgan fingerprint density at radius 2 is 1.96 bits per heavy atom. The van der Waals surface area contributed by atoms with Gasteiger partial charge in [-0.15, -0.1) is 0 Å². The maximum absolute atomic E-state index is 5.47. The van der Waals surface area contributed by atoms with Gasteiger partial charge in [0.2, 0.25) is 5.95 Å². The molecule has 0 aliphatic carbocycles. The summed E-state index contributed by atoms with van der Waals surface area (Å²) >= 11 is 0. The maximum atomic E-state index is 5.47. The summed E-state index contributed by atoms with van der Waals surface area (Å²) in [7, 11) is 0. The fourth-order valence-electron chi connectivity index (χ4n) is 2.86. The van der Waals surface area contributed by atoms with E-state index < -0.39 is 0 Å². The number of aryl methyl sites for hydroxylation is 2. The molecule has 0 saturated heterocycles. The van der Waals surface area contributed by atoms with E-state index in [-0.39, 0.29) is 6.04 Å². The fourth-order valence-corrected chi connectivity index (χ4v) is 2.86. The molecule has 136 valence electrons. The van der Waals surface area contributed by atoms with Crippen molar-refractivity contribution in [2.24, 2.45) is 0 Å². The fraction of sp³-hybridized carbons (Fsp3) is 0.200. The van der Waals surface area contributed by atoms with Crippen LogP contribution in [0.4, 0.5) is 5.95 Å². The van der Waals surface area contributed by atoms with Crippen LogP contribution in [0.15, 0.2) is 57.9 Å². The van der Waals surface area contributed by atoms with Gasteiger partial charge >= 0.3 is 0 Å². The summed E-state index contributed by atoms with van der Waals surface area (Å²) in [6.07, 6.45) is 5.15. The summed E-state index contributed by atoms with van der Waals surface area (Å²) in [5.74, 6) is 1.89. The number of nitrogens with zero attached hydrogens (tertiary/aromatic N) is 4. The number of anilines is 1. The summed E-state index contributed by atoms with van der Waals surface area (Å²) in [4.78, 5) is 13.6. The minimum absolute atomic E-state index is 0.0390. The number of pyridine rings is 1. The zero-order valence-corrected chi connectivity index (χ0v) is 15.3. The topological polar surface area (TPSA) is 89.9 Å². The molecule has 27 heavy (non-hydrogen) atoms. The maximum Gasteiger partial charge on any atom is 0.223 e. The largest absolute Gasteiger partial charge is 0.469 e. The first-order valence-corrected chi connectivity index (χ1v) is 8.64. The van der Waals surface area contributed by atoms with Crippen LogP contribution in [0.1, 0.15) is 30.1 Å². The van der Waals surface area contributed by atoms with Gasteiger partial charge in [0.15, 0.2) is 5.76 Å². The second kappa shape index (κ2) is 7.03. The van der Waals surface area contributed by atoms with E-state index in [2.05, 4.69) is 20.4 Å². The molecule has 0 aliphatic heterocycles. The van der Waals surface area contributed by atoms with Gasteiger partial charge in [0.25, 0.3) is 0 Å². The highest BCUT2D eigenvalue weighted by atomic mass is 16.5. The van der Waals surface area contributed by atoms with Crippen LogP contribution in [0, 0.1) is 13.8 Å². The quantitative estimate of drug-likeness (QED) is 0.556. The van der Waals surface area contributed by atoms with Crippen LogP contribution in [0.2, 0.25) is 0 Å². The molecule has 7 heteroatoms. The Morgan fingerprint density at radius 1 is 1.07 bits per heavy atom. The molecule has 4 rings (SSSR count). The van der Waals surface area contributed by atoms with Gasteiger partial charge in [-0.05, 0) is 39.0 Å². The second-order valence-electron chi connectivity index (χ2n) is 6.30. The van der Waals surface area contributed by atoms with Crippen molar-refractivity contribution in [3.05, 3.63) is 66.1 Å². The number of hydrogen-bond donors (Lipinski definition) is 1. The Kier molecular flexibility index (Phi) is 4.42. The van der Waals surface area contributed by atoms with Crippen LogP contribution in [0.3, 0.4) is 0 Å². The van der Waals surface area contributed by atoms with Gasteiger partial charge in [-0.25, -0.2) is 9.97 Å². The van der Waals surface area contributed by atoms with Crippen LogP contribution in [0.25, 0.3) is 22.6 Å². The summed E-state index contributed by atoms with van der Waals surface area (Å²) in [6.45, 7) is 5.79. The molecule has 0 saturated carbocycles. The lowest BCUT2D eigenvalue weighted by atomic mass is 10.1. The highest BCUT2D eigenvalue weighted by Gasteiger charge is 2.19. The van der Waals surface area contributed by atoms with E-state index in [4.69, 9.17) is 13.9 Å². The number of hydrogen-bond acceptors (Lipinski definition) is 7. The number of furan rings is 1. The third-order valence-electron chi connectivity index (χ3n) is 4.27. The molecule has 4 heterocycles. The molecule has 0 amide bonds. The highest BCUT2D eigenvalue weighted by Crippen LogP contribution is 2.33. The van der Waals surface area contributed by atoms with Crippen molar-refractivity contribution in [1.29, 1.82) is 0 Å². The molecule has 0 fully saturated rings. The Bertz CT molecular complexity index is 1060. The third kappa shape index (κ3) is 3.44. The lowest BCUT2D eigenvalue weighted by molar-refractivity contribution is 0.427. The van der Waals surface area contributed by atoms with E-state index in [1.807, 2.05) is 51.1 Å². The minimum Gasteiger partial charge on any atom is -0.469 e. The molecule has 4 aromatic rings. The Morgan fingerprint density at radius 3 is 2.63 bits per heavy atom.